The maximum Gasteiger partial charge on any atom is 0.254 e. The molecule has 0 radical (unpaired) electrons. The average molecular weight is 562 g/mol. The van der Waals surface area contributed by atoms with Gasteiger partial charge < -0.3 is 5.32 Å². The number of nitrogens with zero attached hydrogens (tertiary/aromatic N) is 2. The summed E-state index contributed by atoms with van der Waals surface area (Å²) in [6.07, 6.45) is 3.65. The van der Waals surface area contributed by atoms with Crippen molar-refractivity contribution in [3.8, 4) is 0 Å². The van der Waals surface area contributed by atoms with Crippen LogP contribution in [-0.2, 0) is 30.8 Å². The van der Waals surface area contributed by atoms with Crippen molar-refractivity contribution < 1.29 is 22.8 Å². The lowest BCUT2D eigenvalue weighted by molar-refractivity contribution is -0.135. The molecule has 2 bridgehead atoms. The van der Waals surface area contributed by atoms with Crippen LogP contribution in [0.15, 0.2) is 60.7 Å². The van der Waals surface area contributed by atoms with E-state index < -0.39 is 51.2 Å². The van der Waals surface area contributed by atoms with Crippen LogP contribution in [0.3, 0.4) is 0 Å². The summed E-state index contributed by atoms with van der Waals surface area (Å²) in [4.78, 5) is 43.3. The van der Waals surface area contributed by atoms with Crippen molar-refractivity contribution in [2.24, 2.45) is 28.6 Å². The molecule has 5 aliphatic rings. The average Bonchev–Trinajstić information content (AvgIpc) is 3.63. The minimum absolute atomic E-state index is 0.0266. The largest absolute Gasteiger partial charge is 0.302 e. The number of fused-ring (bicyclic) bond motifs is 2. The Morgan fingerprint density at radius 3 is 2.30 bits per heavy atom. The molecule has 2 saturated carbocycles. The molecule has 3 aliphatic heterocycles. The fourth-order valence-corrected chi connectivity index (χ4v) is 11.5. The summed E-state index contributed by atoms with van der Waals surface area (Å²) in [5.41, 5.74) is 0.943. The summed E-state index contributed by atoms with van der Waals surface area (Å²) in [6.45, 7) is 4.29. The third kappa shape index (κ3) is 3.40. The molecule has 9 heteroatoms. The molecule has 0 aromatic heterocycles. The molecular weight excluding hydrogens is 526 g/mol. The Labute approximate surface area is 235 Å². The van der Waals surface area contributed by atoms with Crippen LogP contribution in [0, 0.1) is 28.6 Å². The number of hydrogen-bond acceptors (Lipinski definition) is 6. The van der Waals surface area contributed by atoms with Crippen molar-refractivity contribution in [2.75, 3.05) is 10.7 Å². The first-order valence-electron chi connectivity index (χ1n) is 14.4. The third-order valence-corrected chi connectivity index (χ3v) is 13.0. The highest BCUT2D eigenvalue weighted by atomic mass is 32.2. The van der Waals surface area contributed by atoms with Gasteiger partial charge >= 0.3 is 0 Å². The molecule has 3 amide bonds. The Hall–Kier alpha value is -3.04. The Bertz CT molecular complexity index is 1490. The van der Waals surface area contributed by atoms with Crippen LogP contribution < -0.4 is 10.2 Å². The fourth-order valence-electron chi connectivity index (χ4n) is 8.93. The van der Waals surface area contributed by atoms with Gasteiger partial charge in [-0.2, -0.15) is 0 Å². The highest BCUT2D eigenvalue weighted by molar-refractivity contribution is 7.90. The number of benzene rings is 2. The van der Waals surface area contributed by atoms with Crippen LogP contribution in [-0.4, -0.2) is 54.3 Å². The van der Waals surface area contributed by atoms with Gasteiger partial charge in [0.25, 0.3) is 5.91 Å². The van der Waals surface area contributed by atoms with Gasteiger partial charge in [-0.15, -0.1) is 0 Å². The smallest absolute Gasteiger partial charge is 0.254 e. The normalized spacial score (nSPS) is 36.8. The molecule has 2 aromatic rings. The van der Waals surface area contributed by atoms with Crippen LogP contribution in [0.25, 0.3) is 0 Å². The number of rotatable bonds is 5. The predicted octanol–water partition coefficient (Wildman–Crippen LogP) is 3.13. The maximum absolute atomic E-state index is 14.3. The molecule has 5 fully saturated rings. The summed E-state index contributed by atoms with van der Waals surface area (Å²) >= 11 is 0. The first-order valence-corrected chi connectivity index (χ1v) is 16.0. The number of carbonyl (C=O) groups is 3. The van der Waals surface area contributed by atoms with E-state index in [2.05, 4.69) is 19.2 Å². The van der Waals surface area contributed by atoms with E-state index in [1.165, 1.54) is 4.90 Å². The fraction of sp³-hybridized carbons (Fsp3) is 0.516. The minimum Gasteiger partial charge on any atom is -0.302 e. The molecule has 40 heavy (non-hydrogen) atoms. The number of imide groups is 1. The number of nitrogens with one attached hydrogen (secondary N) is 1. The van der Waals surface area contributed by atoms with Gasteiger partial charge in [-0.1, -0.05) is 62.4 Å². The van der Waals surface area contributed by atoms with Gasteiger partial charge in [-0.3, -0.25) is 14.4 Å². The van der Waals surface area contributed by atoms with Crippen LogP contribution >= 0.6 is 0 Å². The molecule has 7 atom stereocenters. The quantitative estimate of drug-likeness (QED) is 0.563. The van der Waals surface area contributed by atoms with E-state index in [0.29, 0.717) is 30.9 Å². The Morgan fingerprint density at radius 1 is 0.975 bits per heavy atom. The molecule has 2 aliphatic carbocycles. The van der Waals surface area contributed by atoms with Crippen molar-refractivity contribution in [1.29, 1.82) is 0 Å². The van der Waals surface area contributed by atoms with Gasteiger partial charge in [0.15, 0.2) is 0 Å². The molecule has 210 valence electrons. The van der Waals surface area contributed by atoms with Gasteiger partial charge in [0.1, 0.15) is 6.04 Å². The molecule has 1 spiro atoms. The molecule has 3 saturated heterocycles. The van der Waals surface area contributed by atoms with E-state index in [4.69, 9.17) is 0 Å². The second-order valence-corrected chi connectivity index (χ2v) is 14.8. The SMILES string of the molecule is CC1(C)[C@H]2CC[C@@]13CS(=O)(=O)N(C(=O)[C@@H]1N[C@H](CCc4ccccc4)[C@@H]4C(=O)N(c5ccccc5)C(=O)[C@@H]41)[C@H]3C2. The predicted molar refractivity (Wildman–Crippen MR) is 149 cm³/mol. The molecule has 8 nitrogen and oxygen atoms in total. The third-order valence-electron chi connectivity index (χ3n) is 11.1. The summed E-state index contributed by atoms with van der Waals surface area (Å²) in [6, 6.07) is 16.8. The monoisotopic (exact) mass is 561 g/mol. The highest BCUT2D eigenvalue weighted by Crippen LogP contribution is 2.70. The number of sulfonamides is 1. The summed E-state index contributed by atoms with van der Waals surface area (Å²) < 4.78 is 28.5. The standard InChI is InChI=1S/C31H35N3O5S/c1-30(2)20-15-16-31(30)18-40(38,39)34(23(31)17-20)29(37)26-25-24(22(32-26)14-13-19-9-5-3-6-10-19)27(35)33(28(25)36)21-11-7-4-8-12-21/h3-12,20,22-26,32H,13-18H2,1-2H3/t20-,22+,23-,24-,25-,26+,31-/m0/s1. The Balaban J connectivity index is 1.24. The Morgan fingerprint density at radius 2 is 1.62 bits per heavy atom. The lowest BCUT2D eigenvalue weighted by Crippen LogP contribution is -2.54. The van der Waals surface area contributed by atoms with Gasteiger partial charge in [-0.05, 0) is 61.1 Å². The molecule has 0 unspecified atom stereocenters. The number of amides is 3. The second kappa shape index (κ2) is 8.73. The number of para-hydroxylation sites is 1. The Kier molecular flexibility index (Phi) is 5.65. The van der Waals surface area contributed by atoms with Gasteiger partial charge in [0.2, 0.25) is 21.8 Å². The van der Waals surface area contributed by atoms with Crippen LogP contribution in [0.2, 0.25) is 0 Å². The lowest BCUT2D eigenvalue weighted by Gasteiger charge is -2.37. The van der Waals surface area contributed by atoms with E-state index in [1.54, 1.807) is 24.3 Å². The summed E-state index contributed by atoms with van der Waals surface area (Å²) in [7, 11) is -3.86. The van der Waals surface area contributed by atoms with Crippen LogP contribution in [0.4, 0.5) is 5.69 Å². The molecule has 7 rings (SSSR count). The maximum atomic E-state index is 14.3. The second-order valence-electron chi connectivity index (χ2n) is 12.9. The zero-order valence-corrected chi connectivity index (χ0v) is 23.6. The zero-order chi connectivity index (χ0) is 28.0. The van der Waals surface area contributed by atoms with Crippen molar-refractivity contribution in [3.05, 3.63) is 66.2 Å². The number of aryl methyl sites for hydroxylation is 1. The molecule has 2 aromatic carbocycles. The lowest BCUT2D eigenvalue weighted by atomic mass is 9.69. The van der Waals surface area contributed by atoms with E-state index in [1.807, 2.05) is 36.4 Å². The highest BCUT2D eigenvalue weighted by Gasteiger charge is 2.73. The zero-order valence-electron chi connectivity index (χ0n) is 22.8. The van der Waals surface area contributed by atoms with E-state index in [0.717, 1.165) is 22.7 Å². The van der Waals surface area contributed by atoms with E-state index in [9.17, 15) is 22.8 Å². The van der Waals surface area contributed by atoms with E-state index >= 15 is 0 Å². The van der Waals surface area contributed by atoms with Crippen molar-refractivity contribution in [3.63, 3.8) is 0 Å². The molecular formula is C31H35N3O5S. The molecule has 3 heterocycles. The number of hydrogen-bond donors (Lipinski definition) is 1. The topological polar surface area (TPSA) is 104 Å². The van der Waals surface area contributed by atoms with Crippen molar-refractivity contribution >= 4 is 33.4 Å². The first kappa shape index (κ1) is 25.9. The number of anilines is 1. The molecule has 1 N–H and O–H groups in total. The van der Waals surface area contributed by atoms with Crippen LogP contribution in [0.1, 0.15) is 45.1 Å². The summed E-state index contributed by atoms with van der Waals surface area (Å²) in [5.74, 6) is -2.67. The van der Waals surface area contributed by atoms with Crippen LogP contribution in [0.5, 0.6) is 0 Å². The van der Waals surface area contributed by atoms with E-state index in [-0.39, 0.29) is 23.1 Å². The minimum atomic E-state index is -3.86. The van der Waals surface area contributed by atoms with Crippen molar-refractivity contribution in [2.45, 2.75) is 64.1 Å². The summed E-state index contributed by atoms with van der Waals surface area (Å²) in [5, 5.41) is 3.33. The van der Waals surface area contributed by atoms with Gasteiger partial charge in [0, 0.05) is 11.5 Å². The van der Waals surface area contributed by atoms with Crippen molar-refractivity contribution in [1.82, 2.24) is 9.62 Å². The number of carbonyl (C=O) groups excluding carboxylic acids is 3. The van der Waals surface area contributed by atoms with Gasteiger partial charge in [-0.25, -0.2) is 17.6 Å². The first-order chi connectivity index (χ1) is 19.1. The van der Waals surface area contributed by atoms with Gasteiger partial charge in [0.05, 0.1) is 29.3 Å².